The monoisotopic (exact) mass is 324 g/mol. The lowest BCUT2D eigenvalue weighted by atomic mass is 9.83. The van der Waals surface area contributed by atoms with Gasteiger partial charge in [-0.15, -0.1) is 11.8 Å². The van der Waals surface area contributed by atoms with Crippen LogP contribution in [0.4, 0.5) is 0 Å². The molecule has 2 nitrogen and oxygen atoms in total. The molecule has 1 aliphatic heterocycles. The second kappa shape index (κ2) is 6.72. The van der Waals surface area contributed by atoms with Crippen LogP contribution in [-0.4, -0.2) is 23.7 Å². The topological polar surface area (TPSA) is 26.3 Å². The van der Waals surface area contributed by atoms with Gasteiger partial charge in [-0.25, -0.2) is 0 Å². The molecule has 1 saturated heterocycles. The molecule has 0 radical (unpaired) electrons. The molecule has 114 valence electrons. The quantitative estimate of drug-likeness (QED) is 0.748. The summed E-state index contributed by atoms with van der Waals surface area (Å²) in [4.78, 5) is 13.6. The Morgan fingerprint density at radius 1 is 1.38 bits per heavy atom. The third kappa shape index (κ3) is 3.82. The minimum atomic E-state index is 0.0271. The SMILES string of the molecule is O=C(CSc1cccc(Cl)c1)C1CCOC2(CCCC2)C1. The van der Waals surface area contributed by atoms with Gasteiger partial charge in [0.05, 0.1) is 11.4 Å². The van der Waals surface area contributed by atoms with Crippen LogP contribution >= 0.6 is 23.4 Å². The molecule has 2 fully saturated rings. The number of carbonyl (C=O) groups excluding carboxylic acids is 1. The Morgan fingerprint density at radius 2 is 2.19 bits per heavy atom. The molecular formula is C17H21ClO2S. The molecule has 1 spiro atoms. The second-order valence-electron chi connectivity index (χ2n) is 6.14. The molecule has 3 rings (SSSR count). The first-order valence-corrected chi connectivity index (χ1v) is 9.08. The molecule has 1 aromatic carbocycles. The van der Waals surface area contributed by atoms with Crippen molar-refractivity contribution in [3.05, 3.63) is 29.3 Å². The van der Waals surface area contributed by atoms with Crippen molar-refractivity contribution in [3.8, 4) is 0 Å². The Bertz CT molecular complexity index is 511. The number of hydrogen-bond donors (Lipinski definition) is 0. The van der Waals surface area contributed by atoms with Crippen LogP contribution in [0.3, 0.4) is 0 Å². The maximum atomic E-state index is 12.5. The highest BCUT2D eigenvalue weighted by Gasteiger charge is 2.41. The number of hydrogen-bond acceptors (Lipinski definition) is 3. The van der Waals surface area contributed by atoms with Crippen LogP contribution in [-0.2, 0) is 9.53 Å². The fraction of sp³-hybridized carbons (Fsp3) is 0.588. The fourth-order valence-corrected chi connectivity index (χ4v) is 4.68. The molecule has 2 aliphatic rings. The van der Waals surface area contributed by atoms with Crippen molar-refractivity contribution in [2.75, 3.05) is 12.4 Å². The summed E-state index contributed by atoms with van der Waals surface area (Å²) in [6.07, 6.45) is 6.59. The average Bonchev–Trinajstić information content (AvgIpc) is 2.93. The zero-order chi connectivity index (χ0) is 14.7. The van der Waals surface area contributed by atoms with Gasteiger partial charge >= 0.3 is 0 Å². The average molecular weight is 325 g/mol. The lowest BCUT2D eigenvalue weighted by molar-refractivity contribution is -0.134. The van der Waals surface area contributed by atoms with Crippen molar-refractivity contribution in [2.24, 2.45) is 5.92 Å². The molecule has 0 bridgehead atoms. The van der Waals surface area contributed by atoms with Crippen LogP contribution in [0.25, 0.3) is 0 Å². The number of ketones is 1. The first kappa shape index (κ1) is 15.4. The minimum absolute atomic E-state index is 0.0271. The van der Waals surface area contributed by atoms with Crippen LogP contribution in [0, 0.1) is 5.92 Å². The Kier molecular flexibility index (Phi) is 4.92. The number of ether oxygens (including phenoxy) is 1. The zero-order valence-electron chi connectivity index (χ0n) is 12.1. The molecule has 0 N–H and O–H groups in total. The van der Waals surface area contributed by atoms with E-state index in [1.54, 1.807) is 11.8 Å². The van der Waals surface area contributed by atoms with Crippen molar-refractivity contribution in [1.82, 2.24) is 0 Å². The van der Waals surface area contributed by atoms with Gasteiger partial charge in [0.25, 0.3) is 0 Å². The zero-order valence-corrected chi connectivity index (χ0v) is 13.7. The van der Waals surface area contributed by atoms with Crippen LogP contribution in [0.15, 0.2) is 29.2 Å². The maximum absolute atomic E-state index is 12.5. The van der Waals surface area contributed by atoms with Gasteiger partial charge in [0.2, 0.25) is 0 Å². The lowest BCUT2D eigenvalue weighted by Gasteiger charge is -2.37. The van der Waals surface area contributed by atoms with Crippen molar-refractivity contribution >= 4 is 29.1 Å². The van der Waals surface area contributed by atoms with E-state index < -0.39 is 0 Å². The van der Waals surface area contributed by atoms with Gasteiger partial charge < -0.3 is 4.74 Å². The highest BCUT2D eigenvalue weighted by Crippen LogP contribution is 2.42. The van der Waals surface area contributed by atoms with E-state index in [1.165, 1.54) is 12.8 Å². The number of halogens is 1. The van der Waals surface area contributed by atoms with E-state index in [0.717, 1.165) is 42.2 Å². The molecule has 1 saturated carbocycles. The lowest BCUT2D eigenvalue weighted by Crippen LogP contribution is -2.40. The van der Waals surface area contributed by atoms with E-state index in [0.29, 0.717) is 11.5 Å². The Labute approximate surface area is 135 Å². The first-order chi connectivity index (χ1) is 10.2. The number of Topliss-reactive ketones (excluding diaryl/α,β-unsaturated/α-hetero) is 1. The van der Waals surface area contributed by atoms with E-state index in [1.807, 2.05) is 24.3 Å². The molecule has 1 heterocycles. The van der Waals surface area contributed by atoms with Gasteiger partial charge in [-0.05, 0) is 43.9 Å². The van der Waals surface area contributed by atoms with Gasteiger partial charge in [-0.1, -0.05) is 30.5 Å². The summed E-state index contributed by atoms with van der Waals surface area (Å²) in [6, 6.07) is 7.71. The second-order valence-corrected chi connectivity index (χ2v) is 7.63. The Hall–Kier alpha value is -0.510. The summed E-state index contributed by atoms with van der Waals surface area (Å²) >= 11 is 7.57. The van der Waals surface area contributed by atoms with E-state index in [-0.39, 0.29) is 11.5 Å². The van der Waals surface area contributed by atoms with Crippen molar-refractivity contribution < 1.29 is 9.53 Å². The van der Waals surface area contributed by atoms with E-state index >= 15 is 0 Å². The van der Waals surface area contributed by atoms with Crippen LogP contribution in [0.1, 0.15) is 38.5 Å². The van der Waals surface area contributed by atoms with Gasteiger partial charge in [0.1, 0.15) is 5.78 Å². The number of thioether (sulfide) groups is 1. The van der Waals surface area contributed by atoms with Crippen LogP contribution in [0.5, 0.6) is 0 Å². The number of rotatable bonds is 4. The maximum Gasteiger partial charge on any atom is 0.146 e. The minimum Gasteiger partial charge on any atom is -0.375 e. The van der Waals surface area contributed by atoms with Gasteiger partial charge in [0.15, 0.2) is 0 Å². The molecular weight excluding hydrogens is 304 g/mol. The third-order valence-corrected chi connectivity index (χ3v) is 5.89. The molecule has 4 heteroatoms. The molecule has 1 atom stereocenters. The molecule has 1 aromatic rings. The number of carbonyl (C=O) groups is 1. The van der Waals surface area contributed by atoms with Crippen molar-refractivity contribution in [2.45, 2.75) is 49.0 Å². The predicted molar refractivity (Wildman–Crippen MR) is 87.1 cm³/mol. The molecule has 1 unspecified atom stereocenters. The van der Waals surface area contributed by atoms with Gasteiger partial charge in [0, 0.05) is 22.4 Å². The summed E-state index contributed by atoms with van der Waals surface area (Å²) in [6.45, 7) is 0.748. The molecule has 1 aliphatic carbocycles. The Morgan fingerprint density at radius 3 is 2.95 bits per heavy atom. The molecule has 0 aromatic heterocycles. The van der Waals surface area contributed by atoms with E-state index in [4.69, 9.17) is 16.3 Å². The summed E-state index contributed by atoms with van der Waals surface area (Å²) in [5.41, 5.74) is 0.0271. The first-order valence-electron chi connectivity index (χ1n) is 7.72. The summed E-state index contributed by atoms with van der Waals surface area (Å²) in [7, 11) is 0. The molecule has 0 amide bonds. The standard InChI is InChI=1S/C17H21ClO2S/c18-14-4-3-5-15(10-14)21-12-16(19)13-6-9-20-17(11-13)7-1-2-8-17/h3-5,10,13H,1-2,6-9,11-12H2. The van der Waals surface area contributed by atoms with Crippen molar-refractivity contribution in [3.63, 3.8) is 0 Å². The summed E-state index contributed by atoms with van der Waals surface area (Å²) in [5.74, 6) is 1.10. The van der Waals surface area contributed by atoms with E-state index in [9.17, 15) is 4.79 Å². The summed E-state index contributed by atoms with van der Waals surface area (Å²) < 4.78 is 6.01. The Balaban J connectivity index is 1.55. The van der Waals surface area contributed by atoms with Crippen LogP contribution < -0.4 is 0 Å². The van der Waals surface area contributed by atoms with Gasteiger partial charge in [-0.3, -0.25) is 4.79 Å². The summed E-state index contributed by atoms with van der Waals surface area (Å²) in [5, 5.41) is 0.725. The van der Waals surface area contributed by atoms with Gasteiger partial charge in [-0.2, -0.15) is 0 Å². The largest absolute Gasteiger partial charge is 0.375 e. The molecule has 21 heavy (non-hydrogen) atoms. The van der Waals surface area contributed by atoms with E-state index in [2.05, 4.69) is 0 Å². The predicted octanol–water partition coefficient (Wildman–Crippen LogP) is 4.74. The number of benzene rings is 1. The van der Waals surface area contributed by atoms with Crippen LogP contribution in [0.2, 0.25) is 5.02 Å². The smallest absolute Gasteiger partial charge is 0.146 e. The highest BCUT2D eigenvalue weighted by atomic mass is 35.5. The third-order valence-electron chi connectivity index (χ3n) is 4.64. The fourth-order valence-electron chi connectivity index (χ4n) is 3.50. The highest BCUT2D eigenvalue weighted by molar-refractivity contribution is 8.00. The normalized spacial score (nSPS) is 24.3. The van der Waals surface area contributed by atoms with Crippen molar-refractivity contribution in [1.29, 1.82) is 0 Å².